The number of benzene rings is 1. The largest absolute Gasteiger partial charge is 0.508 e. The molecule has 0 spiro atoms. The lowest BCUT2D eigenvalue weighted by Crippen LogP contribution is -2.10. The molecule has 0 aromatic heterocycles. The first kappa shape index (κ1) is 10.5. The summed E-state index contributed by atoms with van der Waals surface area (Å²) in [6.45, 7) is 0.480. The third kappa shape index (κ3) is 2.43. The van der Waals surface area contributed by atoms with Gasteiger partial charge in [0.2, 0.25) is 0 Å². The Kier molecular flexibility index (Phi) is 3.03. The molecule has 76 valence electrons. The summed E-state index contributed by atoms with van der Waals surface area (Å²) >= 11 is 0. The minimum absolute atomic E-state index is 0.000324. The van der Waals surface area contributed by atoms with Crippen LogP contribution in [-0.4, -0.2) is 29.0 Å². The first-order valence-electron chi connectivity index (χ1n) is 4.11. The van der Waals surface area contributed by atoms with E-state index in [9.17, 15) is 15.2 Å². The lowest BCUT2D eigenvalue weighted by Gasteiger charge is -2.10. The van der Waals surface area contributed by atoms with Gasteiger partial charge in [0.05, 0.1) is 4.92 Å². The smallest absolute Gasteiger partial charge is 0.270 e. The maximum atomic E-state index is 10.5. The third-order valence-corrected chi connectivity index (χ3v) is 1.76. The lowest BCUT2D eigenvalue weighted by molar-refractivity contribution is -0.385. The van der Waals surface area contributed by atoms with Crippen LogP contribution in [0.3, 0.4) is 0 Å². The monoisotopic (exact) mass is 196 g/mol. The number of nitro benzene ring substituents is 1. The van der Waals surface area contributed by atoms with Crippen LogP contribution in [0, 0.1) is 10.1 Å². The van der Waals surface area contributed by atoms with Crippen molar-refractivity contribution in [1.82, 2.24) is 4.90 Å². The molecule has 1 aromatic carbocycles. The molecule has 0 atom stereocenters. The Balaban J connectivity index is 3.02. The predicted molar refractivity (Wildman–Crippen MR) is 52.2 cm³/mol. The molecule has 5 heteroatoms. The summed E-state index contributed by atoms with van der Waals surface area (Å²) in [6.07, 6.45) is 0. The molecule has 0 saturated heterocycles. The summed E-state index contributed by atoms with van der Waals surface area (Å²) in [5, 5.41) is 19.9. The Morgan fingerprint density at radius 3 is 2.64 bits per heavy atom. The number of non-ortho nitro benzene ring substituents is 1. The fraction of sp³-hybridized carbons (Fsp3) is 0.333. The molecular weight excluding hydrogens is 184 g/mol. The maximum absolute atomic E-state index is 10.5. The molecule has 0 bridgehead atoms. The number of nitrogens with zero attached hydrogens (tertiary/aromatic N) is 2. The van der Waals surface area contributed by atoms with Crippen molar-refractivity contribution < 1.29 is 10.0 Å². The Morgan fingerprint density at radius 1 is 1.50 bits per heavy atom. The van der Waals surface area contributed by atoms with Crippen LogP contribution in [-0.2, 0) is 6.54 Å². The van der Waals surface area contributed by atoms with Crippen LogP contribution in [0.5, 0.6) is 5.75 Å². The van der Waals surface area contributed by atoms with Crippen molar-refractivity contribution in [2.75, 3.05) is 14.1 Å². The van der Waals surface area contributed by atoms with Crippen molar-refractivity contribution in [3.8, 4) is 5.75 Å². The van der Waals surface area contributed by atoms with Gasteiger partial charge in [0.15, 0.2) is 0 Å². The standard InChI is InChI=1S/C9H12N2O3/c1-10(2)6-7-5-8(11(13)14)3-4-9(7)12/h3-5,12H,6H2,1-2H3. The average molecular weight is 196 g/mol. The highest BCUT2D eigenvalue weighted by atomic mass is 16.6. The first-order valence-corrected chi connectivity index (χ1v) is 4.11. The second-order valence-corrected chi connectivity index (χ2v) is 3.31. The van der Waals surface area contributed by atoms with E-state index < -0.39 is 4.92 Å². The van der Waals surface area contributed by atoms with Gasteiger partial charge in [-0.05, 0) is 20.2 Å². The molecular formula is C9H12N2O3. The van der Waals surface area contributed by atoms with Gasteiger partial charge in [-0.1, -0.05) is 0 Å². The second kappa shape index (κ2) is 4.06. The van der Waals surface area contributed by atoms with E-state index in [1.54, 1.807) is 0 Å². The molecule has 0 aliphatic heterocycles. The van der Waals surface area contributed by atoms with Gasteiger partial charge < -0.3 is 10.0 Å². The van der Waals surface area contributed by atoms with Crippen LogP contribution in [0.15, 0.2) is 18.2 Å². The van der Waals surface area contributed by atoms with E-state index in [-0.39, 0.29) is 11.4 Å². The van der Waals surface area contributed by atoms with Gasteiger partial charge >= 0.3 is 0 Å². The van der Waals surface area contributed by atoms with Crippen molar-refractivity contribution in [2.45, 2.75) is 6.54 Å². The Bertz CT molecular complexity index is 350. The molecule has 0 aliphatic carbocycles. The molecule has 1 rings (SSSR count). The van der Waals surface area contributed by atoms with Crippen molar-refractivity contribution >= 4 is 5.69 Å². The topological polar surface area (TPSA) is 66.6 Å². The van der Waals surface area contributed by atoms with Gasteiger partial charge in [-0.2, -0.15) is 0 Å². The molecule has 0 heterocycles. The Labute approximate surface area is 81.7 Å². The van der Waals surface area contributed by atoms with E-state index in [1.807, 2.05) is 19.0 Å². The summed E-state index contributed by atoms with van der Waals surface area (Å²) in [4.78, 5) is 11.8. The third-order valence-electron chi connectivity index (χ3n) is 1.76. The first-order chi connectivity index (χ1) is 6.50. The summed E-state index contributed by atoms with van der Waals surface area (Å²) < 4.78 is 0. The number of hydrogen-bond acceptors (Lipinski definition) is 4. The molecule has 0 aliphatic rings. The number of phenols is 1. The summed E-state index contributed by atoms with van der Waals surface area (Å²) in [6, 6.07) is 4.01. The van der Waals surface area contributed by atoms with Gasteiger partial charge in [0.1, 0.15) is 5.75 Å². The summed E-state index contributed by atoms with van der Waals surface area (Å²) in [7, 11) is 3.66. The second-order valence-electron chi connectivity index (χ2n) is 3.31. The summed E-state index contributed by atoms with van der Waals surface area (Å²) in [5.41, 5.74) is 0.559. The van der Waals surface area contributed by atoms with Gasteiger partial charge in [-0.15, -0.1) is 0 Å². The summed E-state index contributed by atoms with van der Waals surface area (Å²) in [5.74, 6) is 0.0873. The molecule has 0 unspecified atom stereocenters. The fourth-order valence-electron chi connectivity index (χ4n) is 1.15. The van der Waals surface area contributed by atoms with Gasteiger partial charge in [0, 0.05) is 24.2 Å². The molecule has 1 N–H and O–H groups in total. The molecule has 5 nitrogen and oxygen atoms in total. The van der Waals surface area contributed by atoms with Gasteiger partial charge in [0.25, 0.3) is 5.69 Å². The van der Waals surface area contributed by atoms with Crippen molar-refractivity contribution in [3.05, 3.63) is 33.9 Å². The quantitative estimate of drug-likeness (QED) is 0.585. The molecule has 14 heavy (non-hydrogen) atoms. The molecule has 0 amide bonds. The van der Waals surface area contributed by atoms with Crippen LogP contribution in [0.4, 0.5) is 5.69 Å². The average Bonchev–Trinajstić information content (AvgIpc) is 2.07. The molecule has 0 fully saturated rings. The number of hydrogen-bond donors (Lipinski definition) is 1. The van der Waals surface area contributed by atoms with Crippen molar-refractivity contribution in [2.24, 2.45) is 0 Å². The Hall–Kier alpha value is -1.62. The minimum atomic E-state index is -0.474. The zero-order chi connectivity index (χ0) is 10.7. The van der Waals surface area contributed by atoms with Crippen LogP contribution in [0.25, 0.3) is 0 Å². The highest BCUT2D eigenvalue weighted by molar-refractivity contribution is 5.42. The molecule has 1 aromatic rings. The van der Waals surface area contributed by atoms with Crippen LogP contribution < -0.4 is 0 Å². The number of nitro groups is 1. The van der Waals surface area contributed by atoms with Crippen LogP contribution >= 0.6 is 0 Å². The van der Waals surface area contributed by atoms with Crippen LogP contribution in [0.1, 0.15) is 5.56 Å². The minimum Gasteiger partial charge on any atom is -0.508 e. The van der Waals surface area contributed by atoms with E-state index in [0.29, 0.717) is 12.1 Å². The van der Waals surface area contributed by atoms with Crippen molar-refractivity contribution in [3.63, 3.8) is 0 Å². The van der Waals surface area contributed by atoms with Crippen molar-refractivity contribution in [1.29, 1.82) is 0 Å². The number of aromatic hydroxyl groups is 1. The highest BCUT2D eigenvalue weighted by Gasteiger charge is 2.10. The van der Waals surface area contributed by atoms with E-state index >= 15 is 0 Å². The number of phenolic OH excluding ortho intramolecular Hbond substituents is 1. The molecule has 0 radical (unpaired) electrons. The highest BCUT2D eigenvalue weighted by Crippen LogP contribution is 2.23. The Morgan fingerprint density at radius 2 is 2.14 bits per heavy atom. The lowest BCUT2D eigenvalue weighted by atomic mass is 10.1. The fourth-order valence-corrected chi connectivity index (χ4v) is 1.15. The SMILES string of the molecule is CN(C)Cc1cc([N+](=O)[O-])ccc1O. The van der Waals surface area contributed by atoms with Gasteiger partial charge in [-0.3, -0.25) is 10.1 Å². The van der Waals surface area contributed by atoms with E-state index in [0.717, 1.165) is 0 Å². The molecule has 0 saturated carbocycles. The van der Waals surface area contributed by atoms with Gasteiger partial charge in [-0.25, -0.2) is 0 Å². The van der Waals surface area contributed by atoms with E-state index in [1.165, 1.54) is 18.2 Å². The van der Waals surface area contributed by atoms with E-state index in [4.69, 9.17) is 0 Å². The predicted octanol–water partition coefficient (Wildman–Crippen LogP) is 1.36. The zero-order valence-electron chi connectivity index (χ0n) is 8.10. The normalized spacial score (nSPS) is 10.5. The van der Waals surface area contributed by atoms with Crippen LogP contribution in [0.2, 0.25) is 0 Å². The maximum Gasteiger partial charge on any atom is 0.270 e. The van der Waals surface area contributed by atoms with E-state index in [2.05, 4.69) is 0 Å². The zero-order valence-corrected chi connectivity index (χ0v) is 8.10. The number of rotatable bonds is 3.